The monoisotopic (exact) mass is 295 g/mol. The third-order valence-corrected chi connectivity index (χ3v) is 4.33. The van der Waals surface area contributed by atoms with Crippen LogP contribution in [0.2, 0.25) is 0 Å². The Morgan fingerprint density at radius 2 is 2.06 bits per heavy atom. The van der Waals surface area contributed by atoms with Gasteiger partial charge >= 0.3 is 0 Å². The fourth-order valence-electron chi connectivity index (χ4n) is 2.65. The quantitative estimate of drug-likeness (QED) is 0.701. The van der Waals surface area contributed by atoms with Crippen LogP contribution in [0.1, 0.15) is 56.9 Å². The maximum Gasteiger partial charge on any atom is 0.0520 e. The van der Waals surface area contributed by atoms with Gasteiger partial charge in [-0.15, -0.1) is 0 Å². The first-order chi connectivity index (χ1) is 8.33. The van der Waals surface area contributed by atoms with Gasteiger partial charge < -0.3 is 5.32 Å². The Kier molecular flexibility index (Phi) is 4.90. The van der Waals surface area contributed by atoms with Gasteiger partial charge in [-0.3, -0.25) is 0 Å². The zero-order chi connectivity index (χ0) is 12.1. The van der Waals surface area contributed by atoms with E-state index in [4.69, 9.17) is 0 Å². The van der Waals surface area contributed by atoms with E-state index >= 15 is 0 Å². The van der Waals surface area contributed by atoms with Crippen molar-refractivity contribution in [3.05, 3.63) is 28.2 Å². The summed E-state index contributed by atoms with van der Waals surface area (Å²) in [4.78, 5) is 0. The maximum absolute atomic E-state index is 3.61. The predicted octanol–water partition coefficient (Wildman–Crippen LogP) is 5.32. The van der Waals surface area contributed by atoms with Crippen molar-refractivity contribution in [1.29, 1.82) is 0 Å². The van der Waals surface area contributed by atoms with Crippen molar-refractivity contribution >= 4 is 21.6 Å². The minimum atomic E-state index is 0.726. The SMILES string of the molecule is CCCCCCCC1CNc2c(Br)cccc21. The van der Waals surface area contributed by atoms with Gasteiger partial charge in [0.1, 0.15) is 0 Å². The molecule has 1 N–H and O–H groups in total. The van der Waals surface area contributed by atoms with E-state index in [0.29, 0.717) is 0 Å². The maximum atomic E-state index is 3.61. The number of nitrogens with one attached hydrogen (secondary N) is 1. The summed E-state index contributed by atoms with van der Waals surface area (Å²) in [7, 11) is 0. The van der Waals surface area contributed by atoms with Crippen molar-refractivity contribution in [2.24, 2.45) is 0 Å². The Bertz CT molecular complexity index is 362. The molecule has 0 aromatic heterocycles. The Labute approximate surface area is 113 Å². The number of halogens is 1. The normalized spacial score (nSPS) is 17.9. The molecule has 0 spiro atoms. The van der Waals surface area contributed by atoms with E-state index in [0.717, 1.165) is 12.5 Å². The topological polar surface area (TPSA) is 12.0 Å². The highest BCUT2D eigenvalue weighted by Crippen LogP contribution is 2.39. The van der Waals surface area contributed by atoms with E-state index in [2.05, 4.69) is 46.4 Å². The average Bonchev–Trinajstić information content (AvgIpc) is 2.74. The lowest BCUT2D eigenvalue weighted by molar-refractivity contribution is 0.566. The molecule has 0 aliphatic carbocycles. The molecule has 0 saturated carbocycles. The lowest BCUT2D eigenvalue weighted by atomic mass is 9.95. The van der Waals surface area contributed by atoms with E-state index in [1.165, 1.54) is 54.2 Å². The standard InChI is InChI=1S/C15H22BrN/c1-2-3-4-5-6-8-12-11-17-15-13(12)9-7-10-14(15)16/h7,9-10,12,17H,2-6,8,11H2,1H3. The first-order valence-corrected chi connectivity index (χ1v) is 7.64. The van der Waals surface area contributed by atoms with Gasteiger partial charge in [0.2, 0.25) is 0 Å². The predicted molar refractivity (Wildman–Crippen MR) is 78.7 cm³/mol. The second kappa shape index (κ2) is 6.44. The summed E-state index contributed by atoms with van der Waals surface area (Å²) in [6.07, 6.45) is 8.24. The third-order valence-electron chi connectivity index (χ3n) is 3.67. The van der Waals surface area contributed by atoms with E-state index < -0.39 is 0 Å². The molecule has 1 aromatic rings. The summed E-state index contributed by atoms with van der Waals surface area (Å²) in [5.41, 5.74) is 2.83. The molecule has 1 aliphatic heterocycles. The first kappa shape index (κ1) is 12.9. The fraction of sp³-hybridized carbons (Fsp3) is 0.600. The Hall–Kier alpha value is -0.500. The van der Waals surface area contributed by atoms with Gasteiger partial charge in [0.05, 0.1) is 5.69 Å². The van der Waals surface area contributed by atoms with Crippen LogP contribution in [0, 0.1) is 0 Å². The minimum absolute atomic E-state index is 0.726. The molecule has 0 bridgehead atoms. The Morgan fingerprint density at radius 3 is 2.88 bits per heavy atom. The number of anilines is 1. The number of hydrogen-bond acceptors (Lipinski definition) is 1. The van der Waals surface area contributed by atoms with Crippen molar-refractivity contribution in [3.63, 3.8) is 0 Å². The molecule has 0 fully saturated rings. The van der Waals surface area contributed by atoms with E-state index in [1.54, 1.807) is 0 Å². The molecule has 0 saturated heterocycles. The van der Waals surface area contributed by atoms with E-state index in [1.807, 2.05) is 0 Å². The van der Waals surface area contributed by atoms with Crippen molar-refractivity contribution in [2.45, 2.75) is 51.4 Å². The summed E-state index contributed by atoms with van der Waals surface area (Å²) in [6, 6.07) is 6.55. The van der Waals surface area contributed by atoms with Gasteiger partial charge in [0.15, 0.2) is 0 Å². The van der Waals surface area contributed by atoms with Crippen LogP contribution >= 0.6 is 15.9 Å². The number of benzene rings is 1. The lowest BCUT2D eigenvalue weighted by Gasteiger charge is -2.09. The van der Waals surface area contributed by atoms with Gasteiger partial charge in [0.25, 0.3) is 0 Å². The van der Waals surface area contributed by atoms with Gasteiger partial charge in [-0.2, -0.15) is 0 Å². The van der Waals surface area contributed by atoms with E-state index in [9.17, 15) is 0 Å². The summed E-state index contributed by atoms with van der Waals surface area (Å²) in [6.45, 7) is 3.39. The van der Waals surface area contributed by atoms with Gasteiger partial charge in [-0.25, -0.2) is 0 Å². The zero-order valence-electron chi connectivity index (χ0n) is 10.6. The van der Waals surface area contributed by atoms with Crippen molar-refractivity contribution in [2.75, 3.05) is 11.9 Å². The molecule has 2 heteroatoms. The van der Waals surface area contributed by atoms with Crippen LogP contribution in [0.5, 0.6) is 0 Å². The van der Waals surface area contributed by atoms with Crippen LogP contribution in [0.15, 0.2) is 22.7 Å². The van der Waals surface area contributed by atoms with Crippen molar-refractivity contribution in [1.82, 2.24) is 0 Å². The summed E-state index contributed by atoms with van der Waals surface area (Å²) >= 11 is 3.61. The molecule has 1 atom stereocenters. The van der Waals surface area contributed by atoms with Crippen molar-refractivity contribution < 1.29 is 0 Å². The second-order valence-corrected chi connectivity index (χ2v) is 5.84. The highest BCUT2D eigenvalue weighted by molar-refractivity contribution is 9.10. The number of unbranched alkanes of at least 4 members (excludes halogenated alkanes) is 4. The second-order valence-electron chi connectivity index (χ2n) is 4.98. The molecule has 1 aliphatic rings. The first-order valence-electron chi connectivity index (χ1n) is 6.85. The van der Waals surface area contributed by atoms with E-state index in [-0.39, 0.29) is 0 Å². The zero-order valence-corrected chi connectivity index (χ0v) is 12.2. The molecule has 1 nitrogen and oxygen atoms in total. The molecule has 1 heterocycles. The van der Waals surface area contributed by atoms with Crippen LogP contribution in [-0.4, -0.2) is 6.54 Å². The fourth-order valence-corrected chi connectivity index (χ4v) is 3.18. The van der Waals surface area contributed by atoms with Crippen LogP contribution < -0.4 is 5.32 Å². The number of hydrogen-bond donors (Lipinski definition) is 1. The molecule has 94 valence electrons. The third kappa shape index (κ3) is 3.25. The number of para-hydroxylation sites is 1. The molecular formula is C15H22BrN. The van der Waals surface area contributed by atoms with Crippen LogP contribution in [0.4, 0.5) is 5.69 Å². The number of rotatable bonds is 6. The molecule has 1 aromatic carbocycles. The Morgan fingerprint density at radius 1 is 1.24 bits per heavy atom. The van der Waals surface area contributed by atoms with Gasteiger partial charge in [0, 0.05) is 16.9 Å². The summed E-state index contributed by atoms with van der Waals surface area (Å²) in [5.74, 6) is 0.726. The van der Waals surface area contributed by atoms with Crippen LogP contribution in [0.25, 0.3) is 0 Å². The summed E-state index contributed by atoms with van der Waals surface area (Å²) < 4.78 is 1.21. The molecule has 2 rings (SSSR count). The molecule has 0 amide bonds. The minimum Gasteiger partial charge on any atom is -0.383 e. The average molecular weight is 296 g/mol. The highest BCUT2D eigenvalue weighted by Gasteiger charge is 2.22. The molecule has 0 radical (unpaired) electrons. The highest BCUT2D eigenvalue weighted by atomic mass is 79.9. The Balaban J connectivity index is 1.83. The van der Waals surface area contributed by atoms with Gasteiger partial charge in [-0.1, -0.05) is 51.2 Å². The van der Waals surface area contributed by atoms with Crippen molar-refractivity contribution in [3.8, 4) is 0 Å². The molecule has 17 heavy (non-hydrogen) atoms. The number of fused-ring (bicyclic) bond motifs is 1. The van der Waals surface area contributed by atoms with Gasteiger partial charge in [-0.05, 0) is 34.0 Å². The molecule has 1 unspecified atom stereocenters. The van der Waals surface area contributed by atoms with Crippen LogP contribution in [0.3, 0.4) is 0 Å². The molecular weight excluding hydrogens is 274 g/mol. The smallest absolute Gasteiger partial charge is 0.0520 e. The summed E-state index contributed by atoms with van der Waals surface area (Å²) in [5, 5.41) is 3.52. The largest absolute Gasteiger partial charge is 0.383 e. The lowest BCUT2D eigenvalue weighted by Crippen LogP contribution is -2.01. The van der Waals surface area contributed by atoms with Crippen LogP contribution in [-0.2, 0) is 0 Å².